The van der Waals surface area contributed by atoms with Gasteiger partial charge in [-0.25, -0.2) is 14.1 Å². The van der Waals surface area contributed by atoms with Crippen LogP contribution < -0.4 is 15.3 Å². The largest absolute Gasteiger partial charge is 0.461 e. The Labute approximate surface area is 316 Å². The minimum Gasteiger partial charge on any atom is -0.461 e. The predicted octanol–water partition coefficient (Wildman–Crippen LogP) is 6.12. The van der Waals surface area contributed by atoms with Crippen LogP contribution in [0, 0.1) is 17.8 Å². The number of aromatic nitrogens is 3. The standard InChI is InChI=1S/C36H47F3N5O10P/c1-20(2)32(45)51-29-28(26-16-17-27-31(40)41-19-42-44(26)27)53-35(6,30(29)52-33(46)21(3)4)18-49-55(48,54-25-10-8-7-9-11-25)43-22(5)34(47)50-24-14-12-23(13-15-24)36(37,38)39/h7-11,16-17,19-24,28-30H,12-15,18H2,1-6H3,(H,43,48)(H2,40,41,42)/t22-,23-,24-,28-,29-,30-,35+,55?/m0/s1. The summed E-state index contributed by atoms with van der Waals surface area (Å²) < 4.78 is 91.5. The van der Waals surface area contributed by atoms with Crippen molar-refractivity contribution in [3.8, 4) is 5.75 Å². The van der Waals surface area contributed by atoms with E-state index in [1.165, 1.54) is 36.8 Å². The molecule has 0 bridgehead atoms. The Morgan fingerprint density at radius 2 is 1.60 bits per heavy atom. The van der Waals surface area contributed by atoms with E-state index in [1.54, 1.807) is 58.0 Å². The molecule has 0 spiro atoms. The summed E-state index contributed by atoms with van der Waals surface area (Å²) in [4.78, 5) is 43.6. The number of fused-ring (bicyclic) bond motifs is 1. The monoisotopic (exact) mass is 797 g/mol. The zero-order chi connectivity index (χ0) is 40.3. The zero-order valence-electron chi connectivity index (χ0n) is 31.4. The predicted molar refractivity (Wildman–Crippen MR) is 190 cm³/mol. The lowest BCUT2D eigenvalue weighted by molar-refractivity contribution is -0.189. The maximum atomic E-state index is 14.6. The summed E-state index contributed by atoms with van der Waals surface area (Å²) in [5.74, 6) is -4.56. The Hall–Kier alpha value is -4.25. The van der Waals surface area contributed by atoms with Gasteiger partial charge in [0.1, 0.15) is 41.4 Å². The Morgan fingerprint density at radius 3 is 2.22 bits per heavy atom. The lowest BCUT2D eigenvalue weighted by Crippen LogP contribution is -2.49. The smallest absolute Gasteiger partial charge is 0.459 e. The molecular formula is C36H47F3N5O10P. The van der Waals surface area contributed by atoms with Crippen molar-refractivity contribution < 1.29 is 60.1 Å². The van der Waals surface area contributed by atoms with Crippen LogP contribution in [0.15, 0.2) is 48.8 Å². The van der Waals surface area contributed by atoms with E-state index in [2.05, 4.69) is 15.2 Å². The number of anilines is 1. The van der Waals surface area contributed by atoms with Gasteiger partial charge in [0.25, 0.3) is 0 Å². The average Bonchev–Trinajstić information content (AvgIpc) is 3.67. The fourth-order valence-electron chi connectivity index (χ4n) is 6.30. The molecule has 1 aliphatic heterocycles. The second-order valence-corrected chi connectivity index (χ2v) is 16.3. The Balaban J connectivity index is 1.44. The van der Waals surface area contributed by atoms with Crippen molar-refractivity contribution in [2.45, 2.75) is 109 Å². The number of alkyl halides is 3. The number of nitrogen functional groups attached to an aromatic ring is 1. The fraction of sp³-hybridized carbons (Fsp3) is 0.583. The van der Waals surface area contributed by atoms with Crippen LogP contribution in [0.5, 0.6) is 5.75 Å². The minimum absolute atomic E-state index is 0.0167. The van der Waals surface area contributed by atoms with Gasteiger partial charge in [-0.3, -0.25) is 18.9 Å². The molecule has 1 saturated heterocycles. The Kier molecular flexibility index (Phi) is 12.8. The lowest BCUT2D eigenvalue weighted by Gasteiger charge is -2.33. The third-order valence-electron chi connectivity index (χ3n) is 9.45. The number of ether oxygens (including phenoxy) is 4. The van der Waals surface area contributed by atoms with Crippen molar-refractivity contribution in [3.63, 3.8) is 0 Å². The highest BCUT2D eigenvalue weighted by Crippen LogP contribution is 2.50. The van der Waals surface area contributed by atoms with Crippen LogP contribution in [0.25, 0.3) is 5.52 Å². The molecule has 3 heterocycles. The summed E-state index contributed by atoms with van der Waals surface area (Å²) in [6.45, 7) is 8.75. The highest BCUT2D eigenvalue weighted by Gasteiger charge is 2.59. The van der Waals surface area contributed by atoms with Crippen LogP contribution in [0.2, 0.25) is 0 Å². The SMILES string of the molecule is CC(C)C(=O)O[C@H]1[C@H](c2ccc3c(N)ncnn23)O[C@](C)(COP(=O)(N[C@@H](C)C(=O)O[C@H]2CC[C@H](C(F)(F)F)CC2)Oc2ccccc2)[C@H]1OC(=O)C(C)C. The number of halogens is 3. The summed E-state index contributed by atoms with van der Waals surface area (Å²) in [6, 6.07) is 9.90. The normalized spacial score (nSPS) is 26.1. The van der Waals surface area contributed by atoms with Gasteiger partial charge in [-0.1, -0.05) is 45.9 Å². The first kappa shape index (κ1) is 41.9. The molecule has 55 heavy (non-hydrogen) atoms. The fourth-order valence-corrected chi connectivity index (χ4v) is 7.88. The van der Waals surface area contributed by atoms with Gasteiger partial charge in [-0.2, -0.15) is 23.4 Å². The molecule has 1 saturated carbocycles. The molecule has 3 N–H and O–H groups in total. The van der Waals surface area contributed by atoms with E-state index in [0.29, 0.717) is 11.2 Å². The van der Waals surface area contributed by atoms with Gasteiger partial charge in [0.05, 0.1) is 30.1 Å². The molecule has 2 aliphatic rings. The molecule has 1 aromatic carbocycles. The van der Waals surface area contributed by atoms with Gasteiger partial charge in [0.2, 0.25) is 0 Å². The van der Waals surface area contributed by atoms with E-state index in [0.717, 1.165) is 0 Å². The molecule has 2 aromatic heterocycles. The number of nitrogens with zero attached hydrogens (tertiary/aromatic N) is 3. The average molecular weight is 798 g/mol. The number of carbonyl (C=O) groups is 3. The Bertz CT molecular complexity index is 1870. The van der Waals surface area contributed by atoms with Gasteiger partial charge >= 0.3 is 31.8 Å². The van der Waals surface area contributed by atoms with Gasteiger partial charge in [-0.15, -0.1) is 0 Å². The van der Waals surface area contributed by atoms with Gasteiger partial charge in [0, 0.05) is 0 Å². The second-order valence-electron chi connectivity index (χ2n) is 14.6. The maximum Gasteiger partial charge on any atom is 0.459 e. The van der Waals surface area contributed by atoms with Crippen LogP contribution in [-0.2, 0) is 42.4 Å². The molecule has 302 valence electrons. The van der Waals surface area contributed by atoms with Gasteiger partial charge < -0.3 is 29.2 Å². The highest BCUT2D eigenvalue weighted by molar-refractivity contribution is 7.52. The topological polar surface area (TPSA) is 192 Å². The zero-order valence-corrected chi connectivity index (χ0v) is 32.3. The first-order valence-electron chi connectivity index (χ1n) is 18.0. The first-order chi connectivity index (χ1) is 25.8. The van der Waals surface area contributed by atoms with Crippen LogP contribution in [-0.4, -0.2) is 75.2 Å². The van der Waals surface area contributed by atoms with Crippen molar-refractivity contribution in [1.29, 1.82) is 0 Å². The summed E-state index contributed by atoms with van der Waals surface area (Å²) in [5.41, 5.74) is 5.18. The molecule has 1 unspecified atom stereocenters. The van der Waals surface area contributed by atoms with Gasteiger partial charge in [0.15, 0.2) is 18.0 Å². The molecule has 19 heteroatoms. The summed E-state index contributed by atoms with van der Waals surface area (Å²) in [5, 5.41) is 6.87. The summed E-state index contributed by atoms with van der Waals surface area (Å²) in [6.07, 6.45) is -7.95. The maximum absolute atomic E-state index is 14.6. The molecule has 5 rings (SSSR count). The lowest BCUT2D eigenvalue weighted by atomic mass is 9.87. The molecule has 3 aromatic rings. The van der Waals surface area contributed by atoms with Crippen LogP contribution in [0.4, 0.5) is 19.0 Å². The van der Waals surface area contributed by atoms with E-state index in [9.17, 15) is 32.1 Å². The number of para-hydroxylation sites is 1. The molecule has 0 radical (unpaired) electrons. The molecule has 2 fully saturated rings. The van der Waals surface area contributed by atoms with E-state index in [-0.39, 0.29) is 37.3 Å². The number of nitrogens with one attached hydrogen (secondary N) is 1. The van der Waals surface area contributed by atoms with Crippen molar-refractivity contribution in [1.82, 2.24) is 19.7 Å². The van der Waals surface area contributed by atoms with Crippen LogP contribution >= 0.6 is 7.75 Å². The van der Waals surface area contributed by atoms with E-state index < -0.39 is 92.3 Å². The number of esters is 3. The number of benzene rings is 1. The molecule has 15 nitrogen and oxygen atoms in total. The molecule has 6 atom stereocenters. The number of carbonyl (C=O) groups excluding carboxylic acids is 3. The second kappa shape index (κ2) is 16.9. The van der Waals surface area contributed by atoms with Crippen molar-refractivity contribution >= 4 is 37.0 Å². The molecule has 1 aliphatic carbocycles. The highest BCUT2D eigenvalue weighted by atomic mass is 31.2. The van der Waals surface area contributed by atoms with Crippen molar-refractivity contribution in [3.05, 3.63) is 54.5 Å². The number of hydrogen-bond donors (Lipinski definition) is 2. The third-order valence-corrected chi connectivity index (χ3v) is 11.1. The number of rotatable bonds is 14. The summed E-state index contributed by atoms with van der Waals surface area (Å²) >= 11 is 0. The first-order valence-corrected chi connectivity index (χ1v) is 19.6. The third kappa shape index (κ3) is 9.95. The quantitative estimate of drug-likeness (QED) is 0.108. The number of hydrogen-bond acceptors (Lipinski definition) is 13. The van der Waals surface area contributed by atoms with Crippen LogP contribution in [0.1, 0.15) is 79.0 Å². The van der Waals surface area contributed by atoms with Crippen molar-refractivity contribution in [2.24, 2.45) is 17.8 Å². The van der Waals surface area contributed by atoms with Gasteiger partial charge in [-0.05, 0) is 63.8 Å². The van der Waals surface area contributed by atoms with Crippen LogP contribution in [0.3, 0.4) is 0 Å². The number of nitrogens with two attached hydrogens (primary N) is 1. The Morgan fingerprint density at radius 1 is 0.964 bits per heavy atom. The van der Waals surface area contributed by atoms with Crippen molar-refractivity contribution in [2.75, 3.05) is 12.3 Å². The van der Waals surface area contributed by atoms with E-state index >= 15 is 0 Å². The molecular weight excluding hydrogens is 750 g/mol. The van der Waals surface area contributed by atoms with E-state index in [1.807, 2.05) is 0 Å². The molecule has 0 amide bonds. The summed E-state index contributed by atoms with van der Waals surface area (Å²) in [7, 11) is -4.57. The van der Waals surface area contributed by atoms with E-state index in [4.69, 9.17) is 33.7 Å². The minimum atomic E-state index is -4.57.